The zero-order valence-electron chi connectivity index (χ0n) is 19.6. The van der Waals surface area contributed by atoms with Gasteiger partial charge in [-0.05, 0) is 64.1 Å². The van der Waals surface area contributed by atoms with Crippen LogP contribution in [0, 0.1) is 0 Å². The summed E-state index contributed by atoms with van der Waals surface area (Å²) >= 11 is 1.53. The summed E-state index contributed by atoms with van der Waals surface area (Å²) in [6.45, 7) is 2.58. The summed E-state index contributed by atoms with van der Waals surface area (Å²) in [5, 5.41) is 15.4. The van der Waals surface area contributed by atoms with Gasteiger partial charge in [0.05, 0.1) is 19.2 Å². The number of benzene rings is 2. The van der Waals surface area contributed by atoms with Gasteiger partial charge in [-0.25, -0.2) is 0 Å². The third kappa shape index (κ3) is 4.86. The number of alkyl halides is 3. The van der Waals surface area contributed by atoms with Crippen LogP contribution in [0.5, 0.6) is 5.75 Å². The summed E-state index contributed by atoms with van der Waals surface area (Å²) in [6.07, 6.45) is -4.24. The monoisotopic (exact) mass is 501 g/mol. The molecule has 0 spiro atoms. The topological polar surface area (TPSA) is 51.5 Å². The van der Waals surface area contributed by atoms with Crippen LogP contribution in [0.25, 0.3) is 22.0 Å². The molecule has 0 aliphatic carbocycles. The first kappa shape index (κ1) is 25.0. The number of nitrogens with zero attached hydrogens (tertiary/aromatic N) is 1. The van der Waals surface area contributed by atoms with Gasteiger partial charge in [0.15, 0.2) is 11.0 Å². The van der Waals surface area contributed by atoms with E-state index in [0.717, 1.165) is 11.1 Å². The Morgan fingerprint density at radius 1 is 1.03 bits per heavy atom. The zero-order chi connectivity index (χ0) is 25.4. The standard InChI is InChI=1S/C27H26F3NO3S/c1-25(2,21-14-18(8-9-24(21)34-3)19-11-13-35-15-19)16-26(33,27(28,29)30)17-31-12-10-23(32)20-6-4-5-7-22(20)31/h4-15,33H,16-17H2,1-3H3. The summed E-state index contributed by atoms with van der Waals surface area (Å²) in [6, 6.07) is 15.0. The maximum atomic E-state index is 14.4. The van der Waals surface area contributed by atoms with E-state index >= 15 is 0 Å². The molecule has 0 aliphatic rings. The summed E-state index contributed by atoms with van der Waals surface area (Å²) in [5.74, 6) is 0.451. The lowest BCUT2D eigenvalue weighted by Crippen LogP contribution is -2.52. The molecule has 1 atom stereocenters. The number of para-hydroxylation sites is 1. The van der Waals surface area contributed by atoms with Crippen molar-refractivity contribution in [2.24, 2.45) is 0 Å². The third-order valence-electron chi connectivity index (χ3n) is 6.36. The Hall–Kier alpha value is -3.10. The fourth-order valence-corrected chi connectivity index (χ4v) is 5.26. The first-order valence-corrected chi connectivity index (χ1v) is 12.0. The minimum Gasteiger partial charge on any atom is -0.496 e. The molecule has 0 fully saturated rings. The van der Waals surface area contributed by atoms with E-state index in [2.05, 4.69) is 0 Å². The number of aliphatic hydroxyl groups is 1. The van der Waals surface area contributed by atoms with Gasteiger partial charge in [-0.15, -0.1) is 0 Å². The van der Waals surface area contributed by atoms with Crippen molar-refractivity contribution in [3.63, 3.8) is 0 Å². The lowest BCUT2D eigenvalue weighted by molar-refractivity contribution is -0.271. The molecule has 4 rings (SSSR count). The number of aromatic nitrogens is 1. The van der Waals surface area contributed by atoms with Crippen LogP contribution in [-0.4, -0.2) is 28.6 Å². The van der Waals surface area contributed by atoms with Crippen LogP contribution in [0.3, 0.4) is 0 Å². The van der Waals surface area contributed by atoms with E-state index in [4.69, 9.17) is 4.74 Å². The molecule has 35 heavy (non-hydrogen) atoms. The molecule has 4 nitrogen and oxygen atoms in total. The molecule has 2 heterocycles. The van der Waals surface area contributed by atoms with Crippen LogP contribution in [0.2, 0.25) is 0 Å². The highest BCUT2D eigenvalue weighted by Gasteiger charge is 2.56. The predicted molar refractivity (Wildman–Crippen MR) is 133 cm³/mol. The average molecular weight is 502 g/mol. The van der Waals surface area contributed by atoms with Crippen LogP contribution in [0.4, 0.5) is 13.2 Å². The van der Waals surface area contributed by atoms with Crippen LogP contribution >= 0.6 is 11.3 Å². The number of pyridine rings is 1. The molecule has 0 saturated carbocycles. The van der Waals surface area contributed by atoms with Gasteiger partial charge in [0.2, 0.25) is 0 Å². The van der Waals surface area contributed by atoms with Gasteiger partial charge in [-0.3, -0.25) is 4.79 Å². The largest absolute Gasteiger partial charge is 0.496 e. The van der Waals surface area contributed by atoms with E-state index in [1.165, 1.54) is 35.3 Å². The highest BCUT2D eigenvalue weighted by Crippen LogP contribution is 2.45. The number of fused-ring (bicyclic) bond motifs is 1. The molecule has 2 aromatic heterocycles. The molecule has 0 saturated heterocycles. The Morgan fingerprint density at radius 2 is 1.77 bits per heavy atom. The number of ether oxygens (including phenoxy) is 1. The Morgan fingerprint density at radius 3 is 2.43 bits per heavy atom. The van der Waals surface area contributed by atoms with Gasteiger partial charge in [-0.1, -0.05) is 32.0 Å². The summed E-state index contributed by atoms with van der Waals surface area (Å²) in [5.41, 5.74) is -1.76. The van der Waals surface area contributed by atoms with Crippen molar-refractivity contribution in [3.05, 3.63) is 87.3 Å². The first-order chi connectivity index (χ1) is 16.4. The Balaban J connectivity index is 1.77. The van der Waals surface area contributed by atoms with Crippen molar-refractivity contribution < 1.29 is 23.0 Å². The van der Waals surface area contributed by atoms with Gasteiger partial charge in [-0.2, -0.15) is 24.5 Å². The molecule has 2 aromatic carbocycles. The molecule has 8 heteroatoms. The van der Waals surface area contributed by atoms with Crippen molar-refractivity contribution in [1.82, 2.24) is 4.57 Å². The summed E-state index contributed by atoms with van der Waals surface area (Å²) in [7, 11) is 1.47. The number of methoxy groups -OCH3 is 1. The van der Waals surface area contributed by atoms with Crippen molar-refractivity contribution >= 4 is 22.2 Å². The van der Waals surface area contributed by atoms with Crippen molar-refractivity contribution in [2.75, 3.05) is 7.11 Å². The predicted octanol–water partition coefficient (Wildman–Crippen LogP) is 6.40. The van der Waals surface area contributed by atoms with Crippen LogP contribution in [0.1, 0.15) is 25.8 Å². The maximum absolute atomic E-state index is 14.4. The zero-order valence-corrected chi connectivity index (χ0v) is 20.4. The second-order valence-electron chi connectivity index (χ2n) is 9.34. The third-order valence-corrected chi connectivity index (χ3v) is 7.05. The Bertz CT molecular complexity index is 1390. The minimum atomic E-state index is -4.92. The number of thiophene rings is 1. The highest BCUT2D eigenvalue weighted by atomic mass is 32.1. The molecule has 0 amide bonds. The number of hydrogen-bond acceptors (Lipinski definition) is 4. The molecule has 184 valence electrons. The Labute approximate surface area is 205 Å². The SMILES string of the molecule is COc1ccc(-c2ccsc2)cc1C(C)(C)CC(O)(Cn1ccc(=O)c2ccccc21)C(F)(F)F. The van der Waals surface area contributed by atoms with Crippen molar-refractivity contribution in [1.29, 1.82) is 0 Å². The van der Waals surface area contributed by atoms with Crippen molar-refractivity contribution in [2.45, 2.75) is 44.0 Å². The number of rotatable bonds is 7. The van der Waals surface area contributed by atoms with Crippen LogP contribution in [0.15, 0.2) is 76.3 Å². The highest BCUT2D eigenvalue weighted by molar-refractivity contribution is 7.08. The molecule has 1 N–H and O–H groups in total. The molecular weight excluding hydrogens is 475 g/mol. The fourth-order valence-electron chi connectivity index (χ4n) is 4.60. The first-order valence-electron chi connectivity index (χ1n) is 11.0. The molecular formula is C27H26F3NO3S. The molecule has 0 radical (unpaired) electrons. The number of hydrogen-bond donors (Lipinski definition) is 1. The summed E-state index contributed by atoms with van der Waals surface area (Å²) < 4.78 is 50.1. The van der Waals surface area contributed by atoms with Gasteiger partial charge in [0.25, 0.3) is 0 Å². The molecule has 0 bridgehead atoms. The smallest absolute Gasteiger partial charge is 0.418 e. The van der Waals surface area contributed by atoms with E-state index in [0.29, 0.717) is 22.2 Å². The van der Waals surface area contributed by atoms with Crippen molar-refractivity contribution in [3.8, 4) is 16.9 Å². The maximum Gasteiger partial charge on any atom is 0.418 e. The Kier molecular flexibility index (Phi) is 6.55. The van der Waals surface area contributed by atoms with E-state index in [1.54, 1.807) is 44.2 Å². The quantitative estimate of drug-likeness (QED) is 0.319. The molecule has 1 unspecified atom stereocenters. The molecule has 0 aliphatic heterocycles. The minimum absolute atomic E-state index is 0.289. The van der Waals surface area contributed by atoms with E-state index < -0.39 is 30.2 Å². The van der Waals surface area contributed by atoms with E-state index in [-0.39, 0.29) is 5.43 Å². The average Bonchev–Trinajstić information content (AvgIpc) is 3.35. The summed E-state index contributed by atoms with van der Waals surface area (Å²) in [4.78, 5) is 12.2. The number of halogens is 3. The van der Waals surface area contributed by atoms with E-state index in [1.807, 2.05) is 29.0 Å². The van der Waals surface area contributed by atoms with Crippen LogP contribution in [-0.2, 0) is 12.0 Å². The van der Waals surface area contributed by atoms with Gasteiger partial charge < -0.3 is 14.4 Å². The molecule has 4 aromatic rings. The second kappa shape index (κ2) is 9.17. The lowest BCUT2D eigenvalue weighted by atomic mass is 9.73. The van der Waals surface area contributed by atoms with Gasteiger partial charge in [0, 0.05) is 23.2 Å². The van der Waals surface area contributed by atoms with Gasteiger partial charge in [0.1, 0.15) is 5.75 Å². The van der Waals surface area contributed by atoms with E-state index in [9.17, 15) is 23.1 Å². The van der Waals surface area contributed by atoms with Crippen LogP contribution < -0.4 is 10.2 Å². The van der Waals surface area contributed by atoms with Gasteiger partial charge >= 0.3 is 6.18 Å². The second-order valence-corrected chi connectivity index (χ2v) is 10.1. The fraction of sp³-hybridized carbons (Fsp3) is 0.296. The lowest BCUT2D eigenvalue weighted by Gasteiger charge is -2.39. The normalized spacial score (nSPS) is 14.1.